The van der Waals surface area contributed by atoms with E-state index in [9.17, 15) is 4.79 Å². The van der Waals surface area contributed by atoms with E-state index in [2.05, 4.69) is 83.6 Å². The Morgan fingerprint density at radius 1 is 1.08 bits per heavy atom. The maximum atomic E-state index is 11.1. The summed E-state index contributed by atoms with van der Waals surface area (Å²) < 4.78 is 2.17. The molecule has 2 aliphatic rings. The molecule has 0 saturated carbocycles. The highest BCUT2D eigenvalue weighted by Crippen LogP contribution is 2.33. The van der Waals surface area contributed by atoms with Gasteiger partial charge in [0.2, 0.25) is 0 Å². The fourth-order valence-electron chi connectivity index (χ4n) is 5.65. The number of hydrogen-bond acceptors (Lipinski definition) is 5. The van der Waals surface area contributed by atoms with Crippen LogP contribution in [0.4, 0.5) is 5.69 Å². The molecule has 0 unspecified atom stereocenters. The van der Waals surface area contributed by atoms with Gasteiger partial charge in [0.15, 0.2) is 0 Å². The maximum absolute atomic E-state index is 11.1. The maximum Gasteiger partial charge on any atom is 0.317 e. The van der Waals surface area contributed by atoms with Gasteiger partial charge in [0.1, 0.15) is 0 Å². The normalized spacial score (nSPS) is 18.1. The molecule has 2 saturated heterocycles. The molecule has 1 aromatic heterocycles. The molecule has 7 heteroatoms. The monoisotopic (exact) mass is 501 g/mol. The first kappa shape index (κ1) is 25.5. The zero-order chi connectivity index (χ0) is 25.8. The van der Waals surface area contributed by atoms with Gasteiger partial charge in [0.05, 0.1) is 24.3 Å². The highest BCUT2D eigenvalue weighted by molar-refractivity contribution is 5.85. The molecule has 2 aromatic carbocycles. The summed E-state index contributed by atoms with van der Waals surface area (Å²) in [5.41, 5.74) is 5.97. The predicted molar refractivity (Wildman–Crippen MR) is 150 cm³/mol. The third-order valence-corrected chi connectivity index (χ3v) is 7.87. The summed E-state index contributed by atoms with van der Waals surface area (Å²) in [5.74, 6) is 0.239. The zero-order valence-electron chi connectivity index (χ0n) is 22.1. The Labute approximate surface area is 219 Å². The van der Waals surface area contributed by atoms with E-state index in [0.29, 0.717) is 11.8 Å². The van der Waals surface area contributed by atoms with Gasteiger partial charge in [-0.1, -0.05) is 36.4 Å². The zero-order valence-corrected chi connectivity index (χ0v) is 22.1. The Balaban J connectivity index is 1.43. The number of allylic oxidation sites excluding steroid dienone is 1. The van der Waals surface area contributed by atoms with E-state index in [1.54, 1.807) is 0 Å². The van der Waals surface area contributed by atoms with Crippen molar-refractivity contribution in [2.75, 3.05) is 51.7 Å². The van der Waals surface area contributed by atoms with Crippen LogP contribution in [-0.2, 0) is 11.3 Å². The van der Waals surface area contributed by atoms with Crippen molar-refractivity contribution in [3.05, 3.63) is 65.4 Å². The largest absolute Gasteiger partial charge is 0.480 e. The number of carboxylic acid groups (broad SMARTS) is 1. The summed E-state index contributed by atoms with van der Waals surface area (Å²) in [5, 5.41) is 19.0. The van der Waals surface area contributed by atoms with Gasteiger partial charge in [-0.25, -0.2) is 0 Å². The van der Waals surface area contributed by atoms with E-state index in [1.807, 2.05) is 4.90 Å². The molecule has 0 aliphatic carbocycles. The molecule has 2 fully saturated rings. The van der Waals surface area contributed by atoms with Crippen LogP contribution in [0, 0.1) is 5.92 Å². The second-order valence-corrected chi connectivity index (χ2v) is 10.8. The predicted octanol–water partition coefficient (Wildman–Crippen LogP) is 4.43. The SMILES string of the molecule is CN(C)c1ccc(Cn2nc(C3CCN(CC(=O)O)CC3)c3ccc(C=CC4CCNCC4)cc32)cc1. The average Bonchev–Trinajstić information content (AvgIpc) is 3.26. The number of anilines is 1. The summed E-state index contributed by atoms with van der Waals surface area (Å²) >= 11 is 0. The molecule has 0 amide bonds. The number of aromatic nitrogens is 2. The number of hydrogen-bond donors (Lipinski definition) is 2. The molecule has 37 heavy (non-hydrogen) atoms. The number of carbonyl (C=O) groups is 1. The van der Waals surface area contributed by atoms with Crippen LogP contribution in [0.2, 0.25) is 0 Å². The first-order chi connectivity index (χ1) is 18.0. The van der Waals surface area contributed by atoms with Crippen molar-refractivity contribution in [1.29, 1.82) is 0 Å². The van der Waals surface area contributed by atoms with Crippen LogP contribution in [0.3, 0.4) is 0 Å². The smallest absolute Gasteiger partial charge is 0.317 e. The lowest BCUT2D eigenvalue weighted by molar-refractivity contribution is -0.138. The quantitative estimate of drug-likeness (QED) is 0.476. The number of nitrogens with zero attached hydrogens (tertiary/aromatic N) is 4. The Bertz CT molecular complexity index is 1230. The summed E-state index contributed by atoms with van der Waals surface area (Å²) in [6, 6.07) is 15.5. The second kappa shape index (κ2) is 11.5. The van der Waals surface area contributed by atoms with Gasteiger partial charge in [-0.05, 0) is 87.1 Å². The second-order valence-electron chi connectivity index (χ2n) is 10.8. The molecule has 7 nitrogen and oxygen atoms in total. The molecule has 0 bridgehead atoms. The van der Waals surface area contributed by atoms with Crippen LogP contribution < -0.4 is 10.2 Å². The molecule has 0 radical (unpaired) electrons. The molecule has 5 rings (SSSR count). The van der Waals surface area contributed by atoms with Gasteiger partial charge in [-0.2, -0.15) is 5.10 Å². The fourth-order valence-corrected chi connectivity index (χ4v) is 5.65. The Hall–Kier alpha value is -3.16. The van der Waals surface area contributed by atoms with E-state index >= 15 is 0 Å². The van der Waals surface area contributed by atoms with Crippen LogP contribution in [0.25, 0.3) is 17.0 Å². The molecule has 196 valence electrons. The van der Waals surface area contributed by atoms with Crippen molar-refractivity contribution in [3.8, 4) is 0 Å². The molecule has 0 atom stereocenters. The summed E-state index contributed by atoms with van der Waals surface area (Å²) in [6.07, 6.45) is 8.93. The molecule has 0 spiro atoms. The standard InChI is InChI=1S/C30H39N5O2/c1-33(2)26-8-5-24(6-9-26)20-35-28-19-23(4-3-22-11-15-31-16-12-22)7-10-27(28)30(32-35)25-13-17-34(18-14-25)21-29(36)37/h3-10,19,22,25,31H,11-18,20-21H2,1-2H3,(H,36,37). The van der Waals surface area contributed by atoms with Gasteiger partial charge in [0.25, 0.3) is 0 Å². The number of likely N-dealkylation sites (tertiary alicyclic amines) is 1. The van der Waals surface area contributed by atoms with Crippen molar-refractivity contribution in [2.24, 2.45) is 5.92 Å². The number of nitrogens with one attached hydrogen (secondary N) is 1. The Kier molecular flexibility index (Phi) is 7.91. The van der Waals surface area contributed by atoms with Crippen LogP contribution in [0.1, 0.15) is 48.4 Å². The topological polar surface area (TPSA) is 73.6 Å². The highest BCUT2D eigenvalue weighted by atomic mass is 16.4. The van der Waals surface area contributed by atoms with Gasteiger partial charge >= 0.3 is 5.97 Å². The van der Waals surface area contributed by atoms with E-state index in [-0.39, 0.29) is 6.54 Å². The Morgan fingerprint density at radius 3 is 2.49 bits per heavy atom. The van der Waals surface area contributed by atoms with Crippen molar-refractivity contribution in [1.82, 2.24) is 20.0 Å². The van der Waals surface area contributed by atoms with E-state index < -0.39 is 5.97 Å². The molecular formula is C30H39N5O2. The van der Waals surface area contributed by atoms with E-state index in [4.69, 9.17) is 10.2 Å². The molecule has 2 aliphatic heterocycles. The van der Waals surface area contributed by atoms with Crippen LogP contribution >= 0.6 is 0 Å². The first-order valence-electron chi connectivity index (χ1n) is 13.6. The highest BCUT2D eigenvalue weighted by Gasteiger charge is 2.26. The summed E-state index contributed by atoms with van der Waals surface area (Å²) in [6.45, 7) is 4.65. The minimum atomic E-state index is -0.751. The Morgan fingerprint density at radius 2 is 1.81 bits per heavy atom. The lowest BCUT2D eigenvalue weighted by atomic mass is 9.91. The van der Waals surface area contributed by atoms with Crippen LogP contribution in [0.15, 0.2) is 48.5 Å². The number of carboxylic acids is 1. The van der Waals surface area contributed by atoms with E-state index in [1.165, 1.54) is 40.6 Å². The molecule has 2 N–H and O–H groups in total. The first-order valence-corrected chi connectivity index (χ1v) is 13.6. The molecule has 3 heterocycles. The molecular weight excluding hydrogens is 462 g/mol. The number of rotatable bonds is 8. The molecule has 3 aromatic rings. The van der Waals surface area contributed by atoms with E-state index in [0.717, 1.165) is 51.3 Å². The van der Waals surface area contributed by atoms with Crippen molar-refractivity contribution < 1.29 is 9.90 Å². The van der Waals surface area contributed by atoms with Crippen molar-refractivity contribution in [3.63, 3.8) is 0 Å². The number of benzene rings is 2. The third kappa shape index (κ3) is 6.22. The van der Waals surface area contributed by atoms with Crippen LogP contribution in [-0.4, -0.2) is 72.6 Å². The van der Waals surface area contributed by atoms with Gasteiger partial charge in [0, 0.05) is 31.1 Å². The number of piperidine rings is 2. The number of aliphatic carboxylic acids is 1. The van der Waals surface area contributed by atoms with Crippen molar-refractivity contribution >= 4 is 28.6 Å². The third-order valence-electron chi connectivity index (χ3n) is 7.87. The van der Waals surface area contributed by atoms with Crippen molar-refractivity contribution in [2.45, 2.75) is 38.1 Å². The van der Waals surface area contributed by atoms with Crippen LogP contribution in [0.5, 0.6) is 0 Å². The van der Waals surface area contributed by atoms with Gasteiger partial charge < -0.3 is 15.3 Å². The lowest BCUT2D eigenvalue weighted by Gasteiger charge is -2.30. The summed E-state index contributed by atoms with van der Waals surface area (Å²) in [7, 11) is 4.12. The van der Waals surface area contributed by atoms with Gasteiger partial charge in [-0.3, -0.25) is 14.4 Å². The summed E-state index contributed by atoms with van der Waals surface area (Å²) in [4.78, 5) is 15.3. The number of fused-ring (bicyclic) bond motifs is 1. The average molecular weight is 502 g/mol. The minimum Gasteiger partial charge on any atom is -0.480 e. The lowest BCUT2D eigenvalue weighted by Crippen LogP contribution is -2.36. The minimum absolute atomic E-state index is 0.123. The fraction of sp³-hybridized carbons (Fsp3) is 0.467. The van der Waals surface area contributed by atoms with Gasteiger partial charge in [-0.15, -0.1) is 0 Å².